The summed E-state index contributed by atoms with van der Waals surface area (Å²) in [5.74, 6) is 0.211. The van der Waals surface area contributed by atoms with Crippen molar-refractivity contribution in [3.8, 4) is 5.75 Å². The van der Waals surface area contributed by atoms with E-state index < -0.39 is 0 Å². The van der Waals surface area contributed by atoms with E-state index >= 15 is 0 Å². The fourth-order valence-corrected chi connectivity index (χ4v) is 2.17. The van der Waals surface area contributed by atoms with Gasteiger partial charge in [0.1, 0.15) is 5.75 Å². The predicted octanol–water partition coefficient (Wildman–Crippen LogP) is 1.22. The lowest BCUT2D eigenvalue weighted by atomic mass is 10.0. The van der Waals surface area contributed by atoms with E-state index in [1.165, 1.54) is 0 Å². The average Bonchev–Trinajstić information content (AvgIpc) is 2.39. The van der Waals surface area contributed by atoms with Gasteiger partial charge in [0, 0.05) is 18.7 Å². The molecule has 17 heavy (non-hydrogen) atoms. The van der Waals surface area contributed by atoms with Crippen LogP contribution in [0, 0.1) is 0 Å². The molecule has 1 aliphatic rings. The normalized spacial score (nSPS) is 16.8. The number of carbonyl (C=O) groups excluding carboxylic acids is 1. The van der Waals surface area contributed by atoms with Crippen molar-refractivity contribution in [2.75, 3.05) is 20.1 Å². The van der Waals surface area contributed by atoms with Gasteiger partial charge >= 0.3 is 0 Å². The van der Waals surface area contributed by atoms with Crippen LogP contribution < -0.4 is 5.32 Å². The monoisotopic (exact) mass is 234 g/mol. The maximum absolute atomic E-state index is 12.2. The summed E-state index contributed by atoms with van der Waals surface area (Å²) in [6.45, 7) is 1.94. The van der Waals surface area contributed by atoms with Gasteiger partial charge in [0.2, 0.25) is 0 Å². The van der Waals surface area contributed by atoms with Crippen LogP contribution in [0.3, 0.4) is 0 Å². The summed E-state index contributed by atoms with van der Waals surface area (Å²) in [5.41, 5.74) is 0.629. The molecule has 0 spiro atoms. The van der Waals surface area contributed by atoms with Crippen molar-refractivity contribution < 1.29 is 9.90 Å². The number of aromatic hydroxyl groups is 1. The van der Waals surface area contributed by atoms with Gasteiger partial charge in [0.05, 0.1) is 0 Å². The fraction of sp³-hybridized carbons (Fsp3) is 0.462. The van der Waals surface area contributed by atoms with Gasteiger partial charge in [0.25, 0.3) is 5.91 Å². The van der Waals surface area contributed by atoms with Crippen LogP contribution in [0.25, 0.3) is 0 Å². The Hall–Kier alpha value is -1.55. The number of carbonyl (C=O) groups is 1. The second kappa shape index (κ2) is 5.19. The van der Waals surface area contributed by atoms with Crippen molar-refractivity contribution in [2.45, 2.75) is 18.9 Å². The standard InChI is InChI=1S/C13H18N2O2/c1-15(11-6-8-14-9-7-11)13(17)10-2-4-12(16)5-3-10/h2-5,11,14,16H,6-9H2,1H3. The van der Waals surface area contributed by atoms with E-state index in [9.17, 15) is 9.90 Å². The number of benzene rings is 1. The van der Waals surface area contributed by atoms with Crippen LogP contribution in [0.2, 0.25) is 0 Å². The van der Waals surface area contributed by atoms with Crippen molar-refractivity contribution in [3.63, 3.8) is 0 Å². The first-order valence-electron chi connectivity index (χ1n) is 5.95. The van der Waals surface area contributed by atoms with Gasteiger partial charge in [-0.25, -0.2) is 0 Å². The number of phenols is 1. The van der Waals surface area contributed by atoms with Crippen LogP contribution >= 0.6 is 0 Å². The molecule has 1 heterocycles. The maximum Gasteiger partial charge on any atom is 0.253 e. The molecule has 0 radical (unpaired) electrons. The van der Waals surface area contributed by atoms with Crippen LogP contribution in [0.15, 0.2) is 24.3 Å². The van der Waals surface area contributed by atoms with Crippen molar-refractivity contribution >= 4 is 5.91 Å². The SMILES string of the molecule is CN(C(=O)c1ccc(O)cc1)C1CCNCC1. The Balaban J connectivity index is 2.05. The van der Waals surface area contributed by atoms with E-state index in [1.807, 2.05) is 11.9 Å². The van der Waals surface area contributed by atoms with E-state index in [0.717, 1.165) is 25.9 Å². The molecule has 0 atom stereocenters. The number of nitrogens with one attached hydrogen (secondary N) is 1. The maximum atomic E-state index is 12.2. The molecule has 1 aromatic rings. The molecule has 4 heteroatoms. The molecule has 1 saturated heterocycles. The number of hydrogen-bond acceptors (Lipinski definition) is 3. The number of piperidine rings is 1. The fourth-order valence-electron chi connectivity index (χ4n) is 2.17. The van der Waals surface area contributed by atoms with Crippen LogP contribution in [-0.2, 0) is 0 Å². The average molecular weight is 234 g/mol. The van der Waals surface area contributed by atoms with Gasteiger partial charge in [-0.15, -0.1) is 0 Å². The van der Waals surface area contributed by atoms with Gasteiger partial charge in [-0.2, -0.15) is 0 Å². The summed E-state index contributed by atoms with van der Waals surface area (Å²) in [4.78, 5) is 14.0. The Morgan fingerprint density at radius 2 is 1.88 bits per heavy atom. The number of phenolic OH excluding ortho intramolecular Hbond substituents is 1. The third kappa shape index (κ3) is 2.77. The van der Waals surface area contributed by atoms with E-state index in [1.54, 1.807) is 24.3 Å². The highest BCUT2D eigenvalue weighted by molar-refractivity contribution is 5.94. The van der Waals surface area contributed by atoms with Gasteiger partial charge < -0.3 is 15.3 Å². The van der Waals surface area contributed by atoms with E-state index in [4.69, 9.17) is 0 Å². The summed E-state index contributed by atoms with van der Waals surface area (Å²) in [6, 6.07) is 6.73. The van der Waals surface area contributed by atoms with Crippen LogP contribution in [0.1, 0.15) is 23.2 Å². The van der Waals surface area contributed by atoms with E-state index in [0.29, 0.717) is 11.6 Å². The van der Waals surface area contributed by atoms with Crippen molar-refractivity contribution in [3.05, 3.63) is 29.8 Å². The highest BCUT2D eigenvalue weighted by Crippen LogP contribution is 2.15. The van der Waals surface area contributed by atoms with E-state index in [-0.39, 0.29) is 11.7 Å². The topological polar surface area (TPSA) is 52.6 Å². The minimum absolute atomic E-state index is 0.0249. The summed E-state index contributed by atoms with van der Waals surface area (Å²) >= 11 is 0. The molecule has 1 amide bonds. The number of nitrogens with zero attached hydrogens (tertiary/aromatic N) is 1. The molecule has 4 nitrogen and oxygen atoms in total. The Labute approximate surface area is 101 Å². The first kappa shape index (κ1) is 11.9. The highest BCUT2D eigenvalue weighted by atomic mass is 16.3. The van der Waals surface area contributed by atoms with E-state index in [2.05, 4.69) is 5.32 Å². The zero-order valence-electron chi connectivity index (χ0n) is 10.0. The minimum Gasteiger partial charge on any atom is -0.508 e. The summed E-state index contributed by atoms with van der Waals surface area (Å²) in [7, 11) is 1.85. The number of rotatable bonds is 2. The van der Waals surface area contributed by atoms with Crippen molar-refractivity contribution in [1.82, 2.24) is 10.2 Å². The Bertz CT molecular complexity index is 383. The molecule has 0 bridgehead atoms. The summed E-state index contributed by atoms with van der Waals surface area (Å²) in [5, 5.41) is 12.5. The van der Waals surface area contributed by atoms with Gasteiger partial charge in [-0.3, -0.25) is 4.79 Å². The lowest BCUT2D eigenvalue weighted by Gasteiger charge is -2.31. The number of hydrogen-bond donors (Lipinski definition) is 2. The Morgan fingerprint density at radius 3 is 2.47 bits per heavy atom. The molecule has 1 fully saturated rings. The molecular weight excluding hydrogens is 216 g/mol. The largest absolute Gasteiger partial charge is 0.508 e. The van der Waals surface area contributed by atoms with Gasteiger partial charge in [-0.1, -0.05) is 0 Å². The summed E-state index contributed by atoms with van der Waals surface area (Å²) < 4.78 is 0. The lowest BCUT2D eigenvalue weighted by molar-refractivity contribution is 0.0703. The van der Waals surface area contributed by atoms with Crippen molar-refractivity contribution in [2.24, 2.45) is 0 Å². The highest BCUT2D eigenvalue weighted by Gasteiger charge is 2.22. The molecule has 0 saturated carbocycles. The third-order valence-electron chi connectivity index (χ3n) is 3.29. The molecule has 0 aromatic heterocycles. The predicted molar refractivity (Wildman–Crippen MR) is 66.1 cm³/mol. The third-order valence-corrected chi connectivity index (χ3v) is 3.29. The second-order valence-electron chi connectivity index (χ2n) is 4.44. The lowest BCUT2D eigenvalue weighted by Crippen LogP contribution is -2.43. The molecule has 2 N–H and O–H groups in total. The minimum atomic E-state index is 0.0249. The molecule has 1 aromatic carbocycles. The zero-order chi connectivity index (χ0) is 12.3. The molecular formula is C13H18N2O2. The van der Waals surface area contributed by atoms with Gasteiger partial charge in [-0.05, 0) is 50.2 Å². The van der Waals surface area contributed by atoms with Crippen molar-refractivity contribution in [1.29, 1.82) is 0 Å². The molecule has 0 unspecified atom stereocenters. The van der Waals surface area contributed by atoms with Crippen LogP contribution in [-0.4, -0.2) is 42.1 Å². The molecule has 0 aliphatic carbocycles. The Morgan fingerprint density at radius 1 is 1.29 bits per heavy atom. The molecule has 2 rings (SSSR count). The number of amides is 1. The Kier molecular flexibility index (Phi) is 3.64. The van der Waals surface area contributed by atoms with Crippen LogP contribution in [0.5, 0.6) is 5.75 Å². The second-order valence-corrected chi connectivity index (χ2v) is 4.44. The van der Waals surface area contributed by atoms with Gasteiger partial charge in [0.15, 0.2) is 0 Å². The molecule has 1 aliphatic heterocycles. The first-order chi connectivity index (χ1) is 8.18. The first-order valence-corrected chi connectivity index (χ1v) is 5.95. The molecule has 92 valence electrons. The van der Waals surface area contributed by atoms with Crippen LogP contribution in [0.4, 0.5) is 0 Å². The quantitative estimate of drug-likeness (QED) is 0.809. The zero-order valence-corrected chi connectivity index (χ0v) is 10.0. The summed E-state index contributed by atoms with van der Waals surface area (Å²) in [6.07, 6.45) is 2.00. The smallest absolute Gasteiger partial charge is 0.253 e.